The van der Waals surface area contributed by atoms with Crippen LogP contribution in [0.4, 0.5) is 20.8 Å². The van der Waals surface area contributed by atoms with Gasteiger partial charge in [-0.15, -0.1) is 0 Å². The molecule has 236 valence electrons. The van der Waals surface area contributed by atoms with E-state index in [1.807, 2.05) is 13.0 Å². The molecule has 1 aliphatic carbocycles. The molecule has 2 aliphatic rings. The minimum atomic E-state index is -3.79. The fourth-order valence-corrected chi connectivity index (χ4v) is 7.71. The van der Waals surface area contributed by atoms with Crippen LogP contribution in [0.25, 0.3) is 22.0 Å². The molecule has 0 radical (unpaired) electrons. The summed E-state index contributed by atoms with van der Waals surface area (Å²) in [6, 6.07) is 11.4. The lowest BCUT2D eigenvalue weighted by molar-refractivity contribution is 0.132. The fourth-order valence-electron chi connectivity index (χ4n) is 6.09. The van der Waals surface area contributed by atoms with Gasteiger partial charge in [0.05, 0.1) is 22.2 Å². The van der Waals surface area contributed by atoms with E-state index in [2.05, 4.69) is 25.0 Å². The molecule has 11 nitrogen and oxygen atoms in total. The summed E-state index contributed by atoms with van der Waals surface area (Å²) in [4.78, 5) is 26.3. The lowest BCUT2D eigenvalue weighted by atomic mass is 10.0. The van der Waals surface area contributed by atoms with E-state index in [4.69, 9.17) is 4.74 Å². The average molecular weight is 635 g/mol. The van der Waals surface area contributed by atoms with Crippen LogP contribution in [-0.2, 0) is 10.0 Å². The third-order valence-electron chi connectivity index (χ3n) is 8.46. The SMILES string of the molecule is Cc1ccc2c(NS(=O)(=O)C3CCCCC3)c(F)ccc2c1Oc1ncccc1-c1ccnc(N[C@H]2CCCN(C(=O)O)C2)n1. The molecule has 0 bridgehead atoms. The van der Waals surface area contributed by atoms with Gasteiger partial charge in [0.15, 0.2) is 0 Å². The second-order valence-electron chi connectivity index (χ2n) is 11.6. The van der Waals surface area contributed by atoms with Gasteiger partial charge in [0.1, 0.15) is 11.6 Å². The second kappa shape index (κ2) is 12.8. The largest absolute Gasteiger partial charge is 0.465 e. The second-order valence-corrected chi connectivity index (χ2v) is 13.5. The number of benzene rings is 2. The molecule has 3 heterocycles. The quantitative estimate of drug-likeness (QED) is 0.196. The number of halogens is 1. The minimum absolute atomic E-state index is 0.0974. The molecule has 0 unspecified atom stereocenters. The molecule has 4 aromatic rings. The number of hydrogen-bond acceptors (Lipinski definition) is 8. The highest BCUT2D eigenvalue weighted by Crippen LogP contribution is 2.40. The van der Waals surface area contributed by atoms with Gasteiger partial charge < -0.3 is 20.1 Å². The molecular weight excluding hydrogens is 599 g/mol. The standard InChI is InChI=1S/C32H35FN6O5S/c1-20-11-12-23-24(13-14-26(33)28(23)38-45(42,43)22-8-3-2-4-9-22)29(20)44-30-25(10-5-16-34-30)27-15-17-35-31(37-27)36-21-7-6-18-39(19-21)32(40)41/h5,10-17,21-22,38H,2-4,6-9,18-19H2,1H3,(H,40,41)(H,35,36,37)/t21-/m0/s1. The van der Waals surface area contributed by atoms with Crippen molar-refractivity contribution < 1.29 is 27.4 Å². The molecule has 6 rings (SSSR count). The highest BCUT2D eigenvalue weighted by molar-refractivity contribution is 7.93. The molecule has 1 saturated heterocycles. The van der Waals surface area contributed by atoms with Gasteiger partial charge in [0.25, 0.3) is 0 Å². The summed E-state index contributed by atoms with van der Waals surface area (Å²) < 4.78 is 50.6. The van der Waals surface area contributed by atoms with Crippen molar-refractivity contribution in [2.24, 2.45) is 0 Å². The first-order valence-electron chi connectivity index (χ1n) is 15.1. The molecule has 3 N–H and O–H groups in total. The molecular formula is C32H35FN6O5S. The van der Waals surface area contributed by atoms with Crippen molar-refractivity contribution in [3.05, 3.63) is 66.2 Å². The number of rotatable bonds is 8. The first-order valence-corrected chi connectivity index (χ1v) is 16.7. The summed E-state index contributed by atoms with van der Waals surface area (Å²) in [6.45, 7) is 2.69. The first kappa shape index (κ1) is 30.5. The number of hydrogen-bond donors (Lipinski definition) is 3. The molecule has 2 aromatic heterocycles. The Morgan fingerprint density at radius 2 is 1.80 bits per heavy atom. The van der Waals surface area contributed by atoms with Gasteiger partial charge in [0, 0.05) is 42.3 Å². The van der Waals surface area contributed by atoms with E-state index in [-0.39, 0.29) is 17.6 Å². The number of ether oxygens (including phenoxy) is 1. The van der Waals surface area contributed by atoms with Crippen LogP contribution in [0.15, 0.2) is 54.9 Å². The van der Waals surface area contributed by atoms with Crippen LogP contribution in [0.1, 0.15) is 50.5 Å². The molecule has 1 amide bonds. The first-order chi connectivity index (χ1) is 21.7. The monoisotopic (exact) mass is 634 g/mol. The van der Waals surface area contributed by atoms with E-state index in [1.165, 1.54) is 11.0 Å². The molecule has 45 heavy (non-hydrogen) atoms. The predicted octanol–water partition coefficient (Wildman–Crippen LogP) is 6.56. The number of likely N-dealkylation sites (tertiary alicyclic amines) is 1. The van der Waals surface area contributed by atoms with Crippen LogP contribution >= 0.6 is 0 Å². The van der Waals surface area contributed by atoms with E-state index in [0.29, 0.717) is 59.7 Å². The molecule has 1 atom stereocenters. The number of pyridine rings is 1. The van der Waals surface area contributed by atoms with Crippen LogP contribution in [0.2, 0.25) is 0 Å². The lowest BCUT2D eigenvalue weighted by Crippen LogP contribution is -2.44. The topological polar surface area (TPSA) is 147 Å². The normalized spacial score (nSPS) is 17.6. The number of carbonyl (C=O) groups is 1. The van der Waals surface area contributed by atoms with Crippen molar-refractivity contribution in [1.29, 1.82) is 0 Å². The highest BCUT2D eigenvalue weighted by atomic mass is 32.2. The summed E-state index contributed by atoms with van der Waals surface area (Å²) in [5, 5.41) is 13.0. The fraction of sp³-hybridized carbons (Fsp3) is 0.375. The number of piperidine rings is 1. The number of amides is 1. The van der Waals surface area contributed by atoms with Gasteiger partial charge in [-0.1, -0.05) is 31.4 Å². The Morgan fingerprint density at radius 1 is 1.00 bits per heavy atom. The minimum Gasteiger partial charge on any atom is -0.465 e. The average Bonchev–Trinajstić information content (AvgIpc) is 3.04. The summed E-state index contributed by atoms with van der Waals surface area (Å²) in [5.74, 6) is 0.349. The van der Waals surface area contributed by atoms with Gasteiger partial charge in [-0.2, -0.15) is 0 Å². The molecule has 2 fully saturated rings. The Hall–Kier alpha value is -4.52. The van der Waals surface area contributed by atoms with Crippen molar-refractivity contribution in [2.45, 2.75) is 63.2 Å². The third kappa shape index (κ3) is 6.63. The summed E-state index contributed by atoms with van der Waals surface area (Å²) >= 11 is 0. The summed E-state index contributed by atoms with van der Waals surface area (Å²) in [6.07, 6.45) is 7.56. The van der Waals surface area contributed by atoms with Gasteiger partial charge in [-0.3, -0.25) is 4.72 Å². The number of aromatic nitrogens is 3. The molecule has 2 aromatic carbocycles. The van der Waals surface area contributed by atoms with Crippen LogP contribution in [0.3, 0.4) is 0 Å². The van der Waals surface area contributed by atoms with Gasteiger partial charge >= 0.3 is 6.09 Å². The van der Waals surface area contributed by atoms with E-state index < -0.39 is 27.2 Å². The van der Waals surface area contributed by atoms with Crippen LogP contribution in [0, 0.1) is 12.7 Å². The maximum atomic E-state index is 15.2. The van der Waals surface area contributed by atoms with Crippen LogP contribution in [0.5, 0.6) is 11.6 Å². The zero-order chi connectivity index (χ0) is 31.6. The maximum Gasteiger partial charge on any atom is 0.407 e. The highest BCUT2D eigenvalue weighted by Gasteiger charge is 2.29. The smallest absolute Gasteiger partial charge is 0.407 e. The predicted molar refractivity (Wildman–Crippen MR) is 170 cm³/mol. The van der Waals surface area contributed by atoms with Crippen LogP contribution in [-0.4, -0.2) is 63.9 Å². The van der Waals surface area contributed by atoms with E-state index >= 15 is 4.39 Å². The molecule has 1 aliphatic heterocycles. The van der Waals surface area contributed by atoms with Crippen molar-refractivity contribution in [3.63, 3.8) is 0 Å². The van der Waals surface area contributed by atoms with Gasteiger partial charge in [0.2, 0.25) is 21.9 Å². The number of sulfonamides is 1. The Morgan fingerprint density at radius 3 is 2.60 bits per heavy atom. The molecule has 0 spiro atoms. The Balaban J connectivity index is 1.31. The summed E-state index contributed by atoms with van der Waals surface area (Å²) in [7, 11) is -3.79. The van der Waals surface area contributed by atoms with Gasteiger partial charge in [-0.25, -0.2) is 32.6 Å². The Kier molecular flexibility index (Phi) is 8.70. The van der Waals surface area contributed by atoms with E-state index in [1.54, 1.807) is 42.7 Å². The van der Waals surface area contributed by atoms with Gasteiger partial charge in [-0.05, 0) is 68.5 Å². The van der Waals surface area contributed by atoms with E-state index in [9.17, 15) is 18.3 Å². The number of anilines is 2. The van der Waals surface area contributed by atoms with Crippen molar-refractivity contribution in [2.75, 3.05) is 23.1 Å². The Labute approximate surface area is 260 Å². The Bertz CT molecular complexity index is 1830. The zero-order valence-electron chi connectivity index (χ0n) is 24.9. The number of aryl methyl sites for hydroxylation is 1. The van der Waals surface area contributed by atoms with Crippen molar-refractivity contribution in [3.8, 4) is 22.9 Å². The van der Waals surface area contributed by atoms with E-state index in [0.717, 1.165) is 37.7 Å². The maximum absolute atomic E-state index is 15.2. The number of fused-ring (bicyclic) bond motifs is 1. The number of nitrogens with zero attached hydrogens (tertiary/aromatic N) is 4. The molecule has 13 heteroatoms. The number of nitrogens with one attached hydrogen (secondary N) is 2. The summed E-state index contributed by atoms with van der Waals surface area (Å²) in [5.41, 5.74) is 1.76. The zero-order valence-corrected chi connectivity index (χ0v) is 25.7. The number of carboxylic acid groups (broad SMARTS) is 1. The third-order valence-corrected chi connectivity index (χ3v) is 10.3. The molecule has 1 saturated carbocycles. The van der Waals surface area contributed by atoms with Crippen LogP contribution < -0.4 is 14.8 Å². The van der Waals surface area contributed by atoms with Crippen molar-refractivity contribution >= 4 is 38.5 Å². The van der Waals surface area contributed by atoms with Crippen molar-refractivity contribution in [1.82, 2.24) is 19.9 Å². The lowest BCUT2D eigenvalue weighted by Gasteiger charge is -2.31.